The van der Waals surface area contributed by atoms with Crippen LogP contribution in [0, 0.1) is 0 Å². The summed E-state index contributed by atoms with van der Waals surface area (Å²) in [5.41, 5.74) is 0.434. The van der Waals surface area contributed by atoms with Gasteiger partial charge in [-0.2, -0.15) is 0 Å². The summed E-state index contributed by atoms with van der Waals surface area (Å²) in [5.74, 6) is -0.157. The summed E-state index contributed by atoms with van der Waals surface area (Å²) < 4.78 is 0. The summed E-state index contributed by atoms with van der Waals surface area (Å²) in [4.78, 5) is 18.0. The molecule has 1 aromatic rings. The van der Waals surface area contributed by atoms with Crippen LogP contribution in [0.5, 0.6) is 0 Å². The summed E-state index contributed by atoms with van der Waals surface area (Å²) in [6, 6.07) is 2.18. The molecule has 0 atom stereocenters. The maximum Gasteiger partial charge on any atom is 0.254 e. The van der Waals surface area contributed by atoms with Crippen LogP contribution in [0.4, 0.5) is 0 Å². The van der Waals surface area contributed by atoms with Crippen molar-refractivity contribution in [3.63, 3.8) is 0 Å². The van der Waals surface area contributed by atoms with Crippen LogP contribution in [-0.2, 0) is 0 Å². The highest BCUT2D eigenvalue weighted by Crippen LogP contribution is 2.12. The summed E-state index contributed by atoms with van der Waals surface area (Å²) >= 11 is 5.93. The molecule has 5 heteroatoms. The molecule has 19 heavy (non-hydrogen) atoms. The molecule has 1 amide bonds. The van der Waals surface area contributed by atoms with Gasteiger partial charge in [0.2, 0.25) is 0 Å². The summed E-state index contributed by atoms with van der Waals surface area (Å²) in [7, 11) is 2.11. The first kappa shape index (κ1) is 15.9. The molecule has 1 heterocycles. The van der Waals surface area contributed by atoms with Crippen molar-refractivity contribution in [1.82, 2.24) is 15.2 Å². The van der Waals surface area contributed by atoms with Gasteiger partial charge < -0.3 is 10.2 Å². The fraction of sp³-hybridized carbons (Fsp3) is 0.571. The lowest BCUT2D eigenvalue weighted by Crippen LogP contribution is -2.29. The number of rotatable bonds is 7. The molecule has 0 aliphatic carbocycles. The Morgan fingerprint density at radius 1 is 1.47 bits per heavy atom. The highest BCUT2D eigenvalue weighted by Gasteiger charge is 2.09. The van der Waals surface area contributed by atoms with Gasteiger partial charge in [0.25, 0.3) is 5.91 Å². The Hall–Kier alpha value is -1.13. The minimum atomic E-state index is -0.157. The van der Waals surface area contributed by atoms with Crippen LogP contribution < -0.4 is 5.32 Å². The predicted octanol–water partition coefficient (Wildman–Crippen LogP) is 2.59. The summed E-state index contributed by atoms with van der Waals surface area (Å²) in [5, 5.41) is 3.30. The molecule has 0 unspecified atom stereocenters. The second-order valence-corrected chi connectivity index (χ2v) is 5.30. The van der Waals surface area contributed by atoms with Crippen molar-refractivity contribution in [3.8, 4) is 0 Å². The molecule has 1 aromatic heterocycles. The van der Waals surface area contributed by atoms with E-state index in [1.807, 2.05) is 0 Å². The SMILES string of the molecule is CC(C)N(C)CCCCNC(=O)c1cnccc1Cl. The molecule has 4 nitrogen and oxygen atoms in total. The molecule has 0 spiro atoms. The van der Waals surface area contributed by atoms with Crippen LogP contribution in [0.15, 0.2) is 18.5 Å². The molecular formula is C14H22ClN3O. The molecule has 0 fully saturated rings. The van der Waals surface area contributed by atoms with Crippen molar-refractivity contribution in [3.05, 3.63) is 29.0 Å². The quantitative estimate of drug-likeness (QED) is 0.783. The second-order valence-electron chi connectivity index (χ2n) is 4.89. The van der Waals surface area contributed by atoms with Gasteiger partial charge in [-0.25, -0.2) is 0 Å². The molecule has 0 aliphatic heterocycles. The van der Waals surface area contributed by atoms with E-state index < -0.39 is 0 Å². The lowest BCUT2D eigenvalue weighted by molar-refractivity contribution is 0.0952. The van der Waals surface area contributed by atoms with Crippen molar-refractivity contribution < 1.29 is 4.79 Å². The minimum Gasteiger partial charge on any atom is -0.352 e. The molecule has 1 rings (SSSR count). The number of aromatic nitrogens is 1. The summed E-state index contributed by atoms with van der Waals surface area (Å²) in [6.07, 6.45) is 5.08. The molecular weight excluding hydrogens is 262 g/mol. The average Bonchev–Trinajstić information content (AvgIpc) is 2.38. The number of hydrogen-bond acceptors (Lipinski definition) is 3. The van der Waals surface area contributed by atoms with E-state index in [9.17, 15) is 4.79 Å². The van der Waals surface area contributed by atoms with Gasteiger partial charge in [-0.15, -0.1) is 0 Å². The third kappa shape index (κ3) is 5.57. The molecule has 0 saturated carbocycles. The van der Waals surface area contributed by atoms with Gasteiger partial charge in [0.1, 0.15) is 0 Å². The second kappa shape index (κ2) is 8.12. The standard InChI is InChI=1S/C14H22ClN3O/c1-11(2)18(3)9-5-4-7-17-14(19)12-10-16-8-6-13(12)15/h6,8,10-11H,4-5,7,9H2,1-3H3,(H,17,19). The Kier molecular flexibility index (Phi) is 6.81. The van der Waals surface area contributed by atoms with Crippen LogP contribution in [0.25, 0.3) is 0 Å². The van der Waals surface area contributed by atoms with Gasteiger partial charge in [0.05, 0.1) is 10.6 Å². The van der Waals surface area contributed by atoms with Crippen molar-refractivity contribution in [2.24, 2.45) is 0 Å². The van der Waals surface area contributed by atoms with E-state index in [4.69, 9.17) is 11.6 Å². The lowest BCUT2D eigenvalue weighted by atomic mass is 10.2. The molecule has 0 saturated heterocycles. The van der Waals surface area contributed by atoms with Crippen molar-refractivity contribution >= 4 is 17.5 Å². The molecule has 1 N–H and O–H groups in total. The molecule has 0 aromatic carbocycles. The molecule has 106 valence electrons. The topological polar surface area (TPSA) is 45.2 Å². The van der Waals surface area contributed by atoms with Gasteiger partial charge in [0.15, 0.2) is 0 Å². The van der Waals surface area contributed by atoms with Gasteiger partial charge in [0, 0.05) is 25.0 Å². The van der Waals surface area contributed by atoms with E-state index in [1.165, 1.54) is 6.20 Å². The largest absolute Gasteiger partial charge is 0.352 e. The predicted molar refractivity (Wildman–Crippen MR) is 78.6 cm³/mol. The number of nitrogens with zero attached hydrogens (tertiary/aromatic N) is 2. The van der Waals surface area contributed by atoms with E-state index in [0.717, 1.165) is 19.4 Å². The molecule has 0 radical (unpaired) electrons. The number of halogens is 1. The lowest BCUT2D eigenvalue weighted by Gasteiger charge is -2.20. The number of pyridine rings is 1. The zero-order chi connectivity index (χ0) is 14.3. The fourth-order valence-electron chi connectivity index (χ4n) is 1.59. The van der Waals surface area contributed by atoms with Crippen LogP contribution >= 0.6 is 11.6 Å². The number of carbonyl (C=O) groups is 1. The van der Waals surface area contributed by atoms with Crippen molar-refractivity contribution in [2.75, 3.05) is 20.1 Å². The minimum absolute atomic E-state index is 0.157. The number of carbonyl (C=O) groups excluding carboxylic acids is 1. The number of amides is 1. The van der Waals surface area contributed by atoms with Crippen molar-refractivity contribution in [1.29, 1.82) is 0 Å². The van der Waals surface area contributed by atoms with E-state index in [2.05, 4.69) is 36.1 Å². The first-order valence-corrected chi connectivity index (χ1v) is 6.98. The highest BCUT2D eigenvalue weighted by molar-refractivity contribution is 6.33. The third-order valence-corrected chi connectivity index (χ3v) is 3.45. The smallest absolute Gasteiger partial charge is 0.254 e. The summed E-state index contributed by atoms with van der Waals surface area (Å²) in [6.45, 7) is 6.05. The van der Waals surface area contributed by atoms with E-state index in [1.54, 1.807) is 12.3 Å². The Labute approximate surface area is 120 Å². The van der Waals surface area contributed by atoms with Gasteiger partial charge in [-0.1, -0.05) is 11.6 Å². The molecule has 0 bridgehead atoms. The van der Waals surface area contributed by atoms with Gasteiger partial charge in [-0.05, 0) is 46.3 Å². The maximum atomic E-state index is 11.8. The number of nitrogens with one attached hydrogen (secondary N) is 1. The van der Waals surface area contributed by atoms with Crippen molar-refractivity contribution in [2.45, 2.75) is 32.7 Å². The zero-order valence-corrected chi connectivity index (χ0v) is 12.6. The normalized spacial score (nSPS) is 11.1. The van der Waals surface area contributed by atoms with Crippen LogP contribution in [0.1, 0.15) is 37.0 Å². The Bertz CT molecular complexity index is 409. The monoisotopic (exact) mass is 283 g/mol. The first-order chi connectivity index (χ1) is 9.02. The van der Waals surface area contributed by atoms with E-state index in [-0.39, 0.29) is 5.91 Å². The zero-order valence-electron chi connectivity index (χ0n) is 11.8. The number of hydrogen-bond donors (Lipinski definition) is 1. The number of unbranched alkanes of at least 4 members (excludes halogenated alkanes) is 1. The Morgan fingerprint density at radius 3 is 2.84 bits per heavy atom. The Balaban J connectivity index is 2.23. The molecule has 0 aliphatic rings. The maximum absolute atomic E-state index is 11.8. The third-order valence-electron chi connectivity index (χ3n) is 3.12. The van der Waals surface area contributed by atoms with E-state index in [0.29, 0.717) is 23.2 Å². The van der Waals surface area contributed by atoms with Gasteiger partial charge >= 0.3 is 0 Å². The fourth-order valence-corrected chi connectivity index (χ4v) is 1.78. The first-order valence-electron chi connectivity index (χ1n) is 6.60. The van der Waals surface area contributed by atoms with Crippen LogP contribution in [-0.4, -0.2) is 42.0 Å². The highest BCUT2D eigenvalue weighted by atomic mass is 35.5. The Morgan fingerprint density at radius 2 is 2.21 bits per heavy atom. The van der Waals surface area contributed by atoms with Gasteiger partial charge in [-0.3, -0.25) is 9.78 Å². The van der Waals surface area contributed by atoms with Crippen LogP contribution in [0.2, 0.25) is 5.02 Å². The van der Waals surface area contributed by atoms with E-state index >= 15 is 0 Å². The van der Waals surface area contributed by atoms with Crippen LogP contribution in [0.3, 0.4) is 0 Å². The average molecular weight is 284 g/mol.